The Morgan fingerprint density at radius 2 is 2.07 bits per heavy atom. The molecular weight excluding hydrogens is 384 g/mol. The van der Waals surface area contributed by atoms with E-state index in [0.717, 1.165) is 44.2 Å². The standard InChI is InChI=1S/C22H28N4O4/c1-3-4-11-26(2)17-9-10-23-19(12-17)22(29)25-18-7-5-15(18)13-24-21(28)16-6-8-20(27)30-14-16/h6,8-10,12,14-15,18H,3-5,7,11,13H2,1-2H3,(H,24,28)(H,25,29)/t15-,18+/m0/s1. The monoisotopic (exact) mass is 412 g/mol. The van der Waals surface area contributed by atoms with Gasteiger partial charge in [-0.1, -0.05) is 13.3 Å². The van der Waals surface area contributed by atoms with E-state index in [4.69, 9.17) is 4.42 Å². The fraction of sp³-hybridized carbons (Fsp3) is 0.455. The highest BCUT2D eigenvalue weighted by molar-refractivity contribution is 5.94. The van der Waals surface area contributed by atoms with Gasteiger partial charge in [-0.25, -0.2) is 4.79 Å². The molecule has 2 amide bonds. The van der Waals surface area contributed by atoms with Gasteiger partial charge >= 0.3 is 5.63 Å². The molecule has 0 spiro atoms. The number of anilines is 1. The summed E-state index contributed by atoms with van der Waals surface area (Å²) in [6, 6.07) is 6.35. The molecule has 0 bridgehead atoms. The summed E-state index contributed by atoms with van der Waals surface area (Å²) in [5.74, 6) is -0.351. The van der Waals surface area contributed by atoms with E-state index in [0.29, 0.717) is 17.8 Å². The summed E-state index contributed by atoms with van der Waals surface area (Å²) in [4.78, 5) is 42.1. The summed E-state index contributed by atoms with van der Waals surface area (Å²) in [5, 5.41) is 5.86. The van der Waals surface area contributed by atoms with Crippen LogP contribution in [0.4, 0.5) is 5.69 Å². The van der Waals surface area contributed by atoms with Crippen molar-refractivity contribution in [3.63, 3.8) is 0 Å². The first-order valence-corrected chi connectivity index (χ1v) is 10.3. The Balaban J connectivity index is 1.51. The molecule has 1 aliphatic rings. The molecule has 8 nitrogen and oxygen atoms in total. The van der Waals surface area contributed by atoms with Crippen LogP contribution in [0.25, 0.3) is 0 Å². The van der Waals surface area contributed by atoms with E-state index in [-0.39, 0.29) is 23.8 Å². The van der Waals surface area contributed by atoms with Crippen molar-refractivity contribution in [2.75, 3.05) is 25.0 Å². The Morgan fingerprint density at radius 1 is 1.23 bits per heavy atom. The highest BCUT2D eigenvalue weighted by atomic mass is 16.4. The van der Waals surface area contributed by atoms with Crippen LogP contribution in [0.15, 0.2) is 45.9 Å². The quantitative estimate of drug-likeness (QED) is 0.654. The number of nitrogens with one attached hydrogen (secondary N) is 2. The van der Waals surface area contributed by atoms with Gasteiger partial charge in [-0.15, -0.1) is 0 Å². The van der Waals surface area contributed by atoms with Gasteiger partial charge in [0.2, 0.25) is 0 Å². The van der Waals surface area contributed by atoms with Crippen molar-refractivity contribution < 1.29 is 14.0 Å². The molecule has 8 heteroatoms. The minimum absolute atomic E-state index is 0.00483. The largest absolute Gasteiger partial charge is 0.430 e. The Bertz CT molecular complexity index is 922. The topological polar surface area (TPSA) is 105 Å². The highest BCUT2D eigenvalue weighted by Gasteiger charge is 2.32. The van der Waals surface area contributed by atoms with Crippen LogP contribution < -0.4 is 21.2 Å². The van der Waals surface area contributed by atoms with E-state index in [9.17, 15) is 14.4 Å². The van der Waals surface area contributed by atoms with Gasteiger partial charge in [0.1, 0.15) is 12.0 Å². The zero-order valence-corrected chi connectivity index (χ0v) is 17.4. The minimum Gasteiger partial charge on any atom is -0.430 e. The molecule has 2 aromatic heterocycles. The van der Waals surface area contributed by atoms with Crippen molar-refractivity contribution in [2.45, 2.75) is 38.6 Å². The van der Waals surface area contributed by atoms with E-state index < -0.39 is 5.63 Å². The first-order chi connectivity index (χ1) is 14.5. The third-order valence-corrected chi connectivity index (χ3v) is 5.49. The number of pyridine rings is 1. The van der Waals surface area contributed by atoms with Gasteiger partial charge in [-0.05, 0) is 43.4 Å². The number of amides is 2. The lowest BCUT2D eigenvalue weighted by Crippen LogP contribution is -2.51. The third-order valence-electron chi connectivity index (χ3n) is 5.49. The molecule has 3 rings (SSSR count). The van der Waals surface area contributed by atoms with Crippen LogP contribution in [0.3, 0.4) is 0 Å². The SMILES string of the molecule is CCCCN(C)c1ccnc(C(=O)N[C@@H]2CC[C@H]2CNC(=O)c2ccc(=O)oc2)c1. The summed E-state index contributed by atoms with van der Waals surface area (Å²) < 4.78 is 4.71. The lowest BCUT2D eigenvalue weighted by Gasteiger charge is -2.37. The number of nitrogens with zero attached hydrogens (tertiary/aromatic N) is 2. The Labute approximate surface area is 175 Å². The lowest BCUT2D eigenvalue weighted by molar-refractivity contribution is 0.0854. The number of hydrogen-bond donors (Lipinski definition) is 2. The second-order valence-corrected chi connectivity index (χ2v) is 7.65. The second-order valence-electron chi connectivity index (χ2n) is 7.65. The van der Waals surface area contributed by atoms with E-state index >= 15 is 0 Å². The molecule has 1 saturated carbocycles. The van der Waals surface area contributed by atoms with Crippen molar-refractivity contribution in [1.82, 2.24) is 15.6 Å². The van der Waals surface area contributed by atoms with Gasteiger partial charge in [-0.2, -0.15) is 0 Å². The lowest BCUT2D eigenvalue weighted by atomic mass is 9.79. The summed E-state index contributed by atoms with van der Waals surface area (Å²) in [6.07, 6.45) is 6.79. The van der Waals surface area contributed by atoms with Gasteiger partial charge in [0.05, 0.1) is 5.56 Å². The Hall–Kier alpha value is -3.16. The van der Waals surface area contributed by atoms with Crippen LogP contribution in [0.2, 0.25) is 0 Å². The molecule has 0 aliphatic heterocycles. The van der Waals surface area contributed by atoms with Crippen molar-refractivity contribution in [3.05, 3.63) is 58.4 Å². The summed E-state index contributed by atoms with van der Waals surface area (Å²) in [7, 11) is 2.01. The van der Waals surface area contributed by atoms with Gasteiger partial charge in [0.25, 0.3) is 11.8 Å². The van der Waals surface area contributed by atoms with Crippen LogP contribution in [-0.4, -0.2) is 43.0 Å². The van der Waals surface area contributed by atoms with E-state index in [1.54, 1.807) is 6.20 Å². The maximum atomic E-state index is 12.7. The second kappa shape index (κ2) is 10.0. The number of carbonyl (C=O) groups is 2. The molecular formula is C22H28N4O4. The fourth-order valence-corrected chi connectivity index (χ4v) is 3.36. The van der Waals surface area contributed by atoms with Gasteiger partial charge in [-0.3, -0.25) is 14.6 Å². The number of aromatic nitrogens is 1. The van der Waals surface area contributed by atoms with Gasteiger partial charge in [0.15, 0.2) is 0 Å². The fourth-order valence-electron chi connectivity index (χ4n) is 3.36. The minimum atomic E-state index is -0.498. The predicted octanol–water partition coefficient (Wildman–Crippen LogP) is 2.21. The van der Waals surface area contributed by atoms with E-state index in [1.165, 1.54) is 12.1 Å². The zero-order valence-electron chi connectivity index (χ0n) is 17.4. The van der Waals surface area contributed by atoms with Gasteiger partial charge in [0, 0.05) is 44.1 Å². The van der Waals surface area contributed by atoms with Crippen LogP contribution >= 0.6 is 0 Å². The molecule has 2 atom stereocenters. The molecule has 160 valence electrons. The molecule has 0 unspecified atom stereocenters. The molecule has 2 aromatic rings. The summed E-state index contributed by atoms with van der Waals surface area (Å²) in [6.45, 7) is 3.52. The maximum Gasteiger partial charge on any atom is 0.335 e. The summed E-state index contributed by atoms with van der Waals surface area (Å²) in [5.41, 5.74) is 1.16. The van der Waals surface area contributed by atoms with Crippen molar-refractivity contribution >= 4 is 17.5 Å². The van der Waals surface area contributed by atoms with Crippen molar-refractivity contribution in [1.29, 1.82) is 0 Å². The number of carbonyl (C=O) groups excluding carboxylic acids is 2. The first-order valence-electron chi connectivity index (χ1n) is 10.3. The van der Waals surface area contributed by atoms with Crippen molar-refractivity contribution in [2.24, 2.45) is 5.92 Å². The van der Waals surface area contributed by atoms with Gasteiger partial charge < -0.3 is 20.0 Å². The van der Waals surface area contributed by atoms with Crippen LogP contribution in [0, 0.1) is 5.92 Å². The number of hydrogen-bond acceptors (Lipinski definition) is 6. The molecule has 2 N–H and O–H groups in total. The van der Waals surface area contributed by atoms with E-state index in [1.807, 2.05) is 19.2 Å². The predicted molar refractivity (Wildman–Crippen MR) is 114 cm³/mol. The Kier molecular flexibility index (Phi) is 7.21. The molecule has 0 saturated heterocycles. The molecule has 2 heterocycles. The number of rotatable bonds is 9. The average molecular weight is 412 g/mol. The normalized spacial score (nSPS) is 17.7. The molecule has 30 heavy (non-hydrogen) atoms. The van der Waals surface area contributed by atoms with E-state index in [2.05, 4.69) is 27.4 Å². The van der Waals surface area contributed by atoms with Crippen molar-refractivity contribution in [3.8, 4) is 0 Å². The first kappa shape index (κ1) is 21.5. The molecule has 0 radical (unpaired) electrons. The molecule has 1 aliphatic carbocycles. The highest BCUT2D eigenvalue weighted by Crippen LogP contribution is 2.27. The summed E-state index contributed by atoms with van der Waals surface area (Å²) >= 11 is 0. The number of unbranched alkanes of at least 4 members (excludes halogenated alkanes) is 1. The molecule has 1 fully saturated rings. The smallest absolute Gasteiger partial charge is 0.335 e. The third kappa shape index (κ3) is 5.46. The molecule has 0 aromatic carbocycles. The average Bonchev–Trinajstić information content (AvgIpc) is 2.75. The zero-order chi connectivity index (χ0) is 21.5. The van der Waals surface area contributed by atoms with Crippen LogP contribution in [0.5, 0.6) is 0 Å². The maximum absolute atomic E-state index is 12.7. The Morgan fingerprint density at radius 3 is 2.73 bits per heavy atom. The van der Waals surface area contributed by atoms with Crippen LogP contribution in [0.1, 0.15) is 53.5 Å². The van der Waals surface area contributed by atoms with Crippen LogP contribution in [-0.2, 0) is 0 Å².